The van der Waals surface area contributed by atoms with Gasteiger partial charge >= 0.3 is 5.97 Å². The highest BCUT2D eigenvalue weighted by Crippen LogP contribution is 2.45. The molecule has 1 rings (SSSR count). The molecule has 0 amide bonds. The highest BCUT2D eigenvalue weighted by Gasteiger charge is 2.36. The van der Waals surface area contributed by atoms with Crippen LogP contribution >= 0.6 is 0 Å². The summed E-state index contributed by atoms with van der Waals surface area (Å²) in [6.45, 7) is 9.39. The quantitative estimate of drug-likeness (QED) is 0.682. The number of ether oxygens (including phenoxy) is 1. The zero-order chi connectivity index (χ0) is 12.2. The molecule has 2 heteroatoms. The Morgan fingerprint density at radius 1 is 1.44 bits per heavy atom. The number of carbonyl (C=O) groups excluding carboxylic acids is 1. The fourth-order valence-corrected chi connectivity index (χ4v) is 3.22. The van der Waals surface area contributed by atoms with Crippen LogP contribution in [0.2, 0.25) is 0 Å². The lowest BCUT2D eigenvalue weighted by atomic mass is 9.63. The Morgan fingerprint density at radius 3 is 2.69 bits per heavy atom. The molecule has 0 aromatic heterocycles. The van der Waals surface area contributed by atoms with E-state index in [0.29, 0.717) is 24.4 Å². The predicted molar refractivity (Wildman–Crippen MR) is 66.2 cm³/mol. The summed E-state index contributed by atoms with van der Waals surface area (Å²) in [5.41, 5.74) is 0.393. The van der Waals surface area contributed by atoms with Crippen molar-refractivity contribution in [2.75, 3.05) is 6.61 Å². The number of carbonyl (C=O) groups is 1. The topological polar surface area (TPSA) is 26.3 Å². The van der Waals surface area contributed by atoms with Crippen LogP contribution in [0.15, 0.2) is 0 Å². The summed E-state index contributed by atoms with van der Waals surface area (Å²) in [6.07, 6.45) is 5.53. The number of rotatable bonds is 4. The lowest BCUT2D eigenvalue weighted by Crippen LogP contribution is -2.34. The van der Waals surface area contributed by atoms with E-state index < -0.39 is 0 Å². The van der Waals surface area contributed by atoms with Crippen molar-refractivity contribution in [3.63, 3.8) is 0 Å². The molecule has 94 valence electrons. The van der Waals surface area contributed by atoms with Gasteiger partial charge in [0, 0.05) is 6.42 Å². The Labute approximate surface area is 99.8 Å². The van der Waals surface area contributed by atoms with E-state index in [-0.39, 0.29) is 5.97 Å². The Kier molecular flexibility index (Phi) is 4.82. The van der Waals surface area contributed by atoms with E-state index >= 15 is 0 Å². The SMILES string of the molecule is CCOC(=O)CCC1C(C)CCCC1(C)C. The van der Waals surface area contributed by atoms with Crippen molar-refractivity contribution in [1.82, 2.24) is 0 Å². The third-order valence-corrected chi connectivity index (χ3v) is 4.14. The summed E-state index contributed by atoms with van der Waals surface area (Å²) in [6, 6.07) is 0. The highest BCUT2D eigenvalue weighted by molar-refractivity contribution is 5.69. The third kappa shape index (κ3) is 3.50. The first-order chi connectivity index (χ1) is 7.47. The van der Waals surface area contributed by atoms with Crippen LogP contribution in [0.1, 0.15) is 59.8 Å². The highest BCUT2D eigenvalue weighted by atomic mass is 16.5. The maximum Gasteiger partial charge on any atom is 0.305 e. The predicted octanol–water partition coefficient (Wildman–Crippen LogP) is 3.79. The fraction of sp³-hybridized carbons (Fsp3) is 0.929. The largest absolute Gasteiger partial charge is 0.466 e. The average molecular weight is 226 g/mol. The Morgan fingerprint density at radius 2 is 2.12 bits per heavy atom. The van der Waals surface area contributed by atoms with E-state index in [1.807, 2.05) is 6.92 Å². The third-order valence-electron chi connectivity index (χ3n) is 4.14. The van der Waals surface area contributed by atoms with E-state index in [1.54, 1.807) is 0 Å². The monoisotopic (exact) mass is 226 g/mol. The summed E-state index contributed by atoms with van der Waals surface area (Å²) in [4.78, 5) is 11.4. The maximum absolute atomic E-state index is 11.4. The molecule has 0 saturated heterocycles. The molecule has 2 nitrogen and oxygen atoms in total. The van der Waals surface area contributed by atoms with Gasteiger partial charge in [-0.25, -0.2) is 0 Å². The average Bonchev–Trinajstić information content (AvgIpc) is 2.16. The van der Waals surface area contributed by atoms with Gasteiger partial charge in [0.1, 0.15) is 0 Å². The van der Waals surface area contributed by atoms with Gasteiger partial charge < -0.3 is 4.74 Å². The minimum atomic E-state index is -0.0314. The molecular formula is C14H26O2. The number of hydrogen-bond acceptors (Lipinski definition) is 2. The van der Waals surface area contributed by atoms with E-state index in [0.717, 1.165) is 12.3 Å². The van der Waals surface area contributed by atoms with Gasteiger partial charge in [-0.05, 0) is 37.0 Å². The van der Waals surface area contributed by atoms with Crippen LogP contribution in [0.25, 0.3) is 0 Å². The van der Waals surface area contributed by atoms with Crippen molar-refractivity contribution in [2.24, 2.45) is 17.3 Å². The summed E-state index contributed by atoms with van der Waals surface area (Å²) >= 11 is 0. The Balaban J connectivity index is 2.46. The summed E-state index contributed by atoms with van der Waals surface area (Å²) in [7, 11) is 0. The van der Waals surface area contributed by atoms with Crippen LogP contribution < -0.4 is 0 Å². The summed E-state index contributed by atoms with van der Waals surface area (Å²) in [5, 5.41) is 0. The second-order valence-electron chi connectivity index (χ2n) is 5.81. The molecule has 1 aliphatic rings. The van der Waals surface area contributed by atoms with Crippen LogP contribution in [0.3, 0.4) is 0 Å². The standard InChI is InChI=1S/C14H26O2/c1-5-16-13(15)9-8-12-11(2)7-6-10-14(12,3)4/h11-12H,5-10H2,1-4H3. The molecule has 0 aliphatic heterocycles. The van der Waals surface area contributed by atoms with Gasteiger partial charge in [-0.3, -0.25) is 4.79 Å². The first-order valence-electron chi connectivity index (χ1n) is 6.63. The minimum Gasteiger partial charge on any atom is -0.466 e. The van der Waals surface area contributed by atoms with Crippen LogP contribution in [0.4, 0.5) is 0 Å². The number of esters is 1. The molecule has 1 saturated carbocycles. The lowest BCUT2D eigenvalue weighted by molar-refractivity contribution is -0.143. The van der Waals surface area contributed by atoms with Crippen LogP contribution in [0, 0.1) is 17.3 Å². The van der Waals surface area contributed by atoms with Crippen molar-refractivity contribution in [1.29, 1.82) is 0 Å². The molecule has 0 bridgehead atoms. The second kappa shape index (κ2) is 5.70. The first kappa shape index (κ1) is 13.5. The van der Waals surface area contributed by atoms with Crippen molar-refractivity contribution in [2.45, 2.75) is 59.8 Å². The van der Waals surface area contributed by atoms with Gasteiger partial charge in [-0.1, -0.05) is 33.6 Å². The second-order valence-corrected chi connectivity index (χ2v) is 5.81. The molecule has 2 atom stereocenters. The van der Waals surface area contributed by atoms with Gasteiger partial charge in [0.15, 0.2) is 0 Å². The molecule has 0 spiro atoms. The van der Waals surface area contributed by atoms with Crippen LogP contribution in [-0.2, 0) is 9.53 Å². The van der Waals surface area contributed by atoms with Gasteiger partial charge in [-0.15, -0.1) is 0 Å². The minimum absolute atomic E-state index is 0.0314. The van der Waals surface area contributed by atoms with Crippen molar-refractivity contribution >= 4 is 5.97 Å². The van der Waals surface area contributed by atoms with Gasteiger partial charge in [-0.2, -0.15) is 0 Å². The smallest absolute Gasteiger partial charge is 0.305 e. The van der Waals surface area contributed by atoms with Gasteiger partial charge in [0.05, 0.1) is 6.61 Å². The van der Waals surface area contributed by atoms with E-state index in [2.05, 4.69) is 20.8 Å². The van der Waals surface area contributed by atoms with E-state index in [9.17, 15) is 4.79 Å². The molecule has 16 heavy (non-hydrogen) atoms. The molecule has 0 radical (unpaired) electrons. The van der Waals surface area contributed by atoms with Gasteiger partial charge in [0.2, 0.25) is 0 Å². The van der Waals surface area contributed by atoms with Gasteiger partial charge in [0.25, 0.3) is 0 Å². The Hall–Kier alpha value is -0.530. The normalized spacial score (nSPS) is 28.8. The fourth-order valence-electron chi connectivity index (χ4n) is 3.22. The lowest BCUT2D eigenvalue weighted by Gasteiger charge is -2.43. The molecule has 0 aromatic carbocycles. The molecule has 0 aromatic rings. The summed E-state index contributed by atoms with van der Waals surface area (Å²) < 4.78 is 5.00. The van der Waals surface area contributed by atoms with E-state index in [4.69, 9.17) is 4.74 Å². The molecule has 0 N–H and O–H groups in total. The summed E-state index contributed by atoms with van der Waals surface area (Å²) in [5.74, 6) is 1.39. The molecule has 0 heterocycles. The van der Waals surface area contributed by atoms with E-state index in [1.165, 1.54) is 19.3 Å². The van der Waals surface area contributed by atoms with Crippen LogP contribution in [-0.4, -0.2) is 12.6 Å². The first-order valence-corrected chi connectivity index (χ1v) is 6.63. The van der Waals surface area contributed by atoms with Crippen molar-refractivity contribution in [3.8, 4) is 0 Å². The molecular weight excluding hydrogens is 200 g/mol. The molecule has 2 unspecified atom stereocenters. The zero-order valence-electron chi connectivity index (χ0n) is 11.2. The van der Waals surface area contributed by atoms with Crippen molar-refractivity contribution in [3.05, 3.63) is 0 Å². The van der Waals surface area contributed by atoms with Crippen LogP contribution in [0.5, 0.6) is 0 Å². The maximum atomic E-state index is 11.4. The Bertz CT molecular complexity index is 233. The van der Waals surface area contributed by atoms with Crippen molar-refractivity contribution < 1.29 is 9.53 Å². The zero-order valence-corrected chi connectivity index (χ0v) is 11.2. The molecule has 1 fully saturated rings. The molecule has 1 aliphatic carbocycles. The number of hydrogen-bond donors (Lipinski definition) is 0.